The van der Waals surface area contributed by atoms with Crippen LogP contribution in [0.4, 0.5) is 13.2 Å². The van der Waals surface area contributed by atoms with Crippen molar-refractivity contribution in [2.75, 3.05) is 6.61 Å². The van der Waals surface area contributed by atoms with E-state index in [4.69, 9.17) is 15.8 Å². The molecule has 0 aromatic heterocycles. The minimum Gasteiger partial charge on any atom is -0.491 e. The van der Waals surface area contributed by atoms with Crippen LogP contribution in [0.3, 0.4) is 0 Å². The number of rotatable bonds is 2. The van der Waals surface area contributed by atoms with Gasteiger partial charge in [0.25, 0.3) is 5.72 Å². The summed E-state index contributed by atoms with van der Waals surface area (Å²) >= 11 is 0. The summed E-state index contributed by atoms with van der Waals surface area (Å²) in [6.07, 6.45) is -5.21. The fraction of sp³-hybridized carbons (Fsp3) is 0.364. The van der Waals surface area contributed by atoms with E-state index in [1.54, 1.807) is 5.32 Å². The van der Waals surface area contributed by atoms with Gasteiger partial charge in [-0.15, -0.1) is 0 Å². The molecule has 0 spiro atoms. The Morgan fingerprint density at radius 1 is 1.35 bits per heavy atom. The second-order valence-corrected chi connectivity index (χ2v) is 3.56. The second-order valence-electron chi connectivity index (χ2n) is 3.56. The molecule has 0 saturated carbocycles. The molecular weight excluding hydrogens is 277 g/mol. The van der Waals surface area contributed by atoms with Gasteiger partial charge in [-0.2, -0.15) is 29.0 Å². The first-order chi connectivity index (χ1) is 9.26. The Kier molecular flexibility index (Phi) is 3.93. The summed E-state index contributed by atoms with van der Waals surface area (Å²) < 4.78 is 43.5. The first-order valence-corrected chi connectivity index (χ1v) is 5.16. The Hall–Kier alpha value is -2.70. The maximum atomic E-state index is 12.9. The highest BCUT2D eigenvalue weighted by Crippen LogP contribution is 2.42. The fourth-order valence-electron chi connectivity index (χ4n) is 1.55. The first-order valence-electron chi connectivity index (χ1n) is 5.16. The number of alkyl halides is 3. The van der Waals surface area contributed by atoms with Crippen molar-refractivity contribution in [2.45, 2.75) is 18.8 Å². The SMILES string of the molecule is CCOC1=C(C#N)C(=C(C#N)C#N)N[C@]1(O)C(F)(F)F. The average Bonchev–Trinajstić information content (AvgIpc) is 2.65. The van der Waals surface area contributed by atoms with Crippen LogP contribution >= 0.6 is 0 Å². The Morgan fingerprint density at radius 2 is 1.90 bits per heavy atom. The summed E-state index contributed by atoms with van der Waals surface area (Å²) in [6.45, 7) is 1.11. The number of nitrogens with zero attached hydrogens (tertiary/aromatic N) is 3. The minimum atomic E-state index is -5.21. The van der Waals surface area contributed by atoms with Crippen molar-refractivity contribution >= 4 is 0 Å². The van der Waals surface area contributed by atoms with Crippen molar-refractivity contribution in [2.24, 2.45) is 0 Å². The summed E-state index contributed by atoms with van der Waals surface area (Å²) in [5.74, 6) is -1.08. The maximum Gasteiger partial charge on any atom is 0.444 e. The highest BCUT2D eigenvalue weighted by Gasteiger charge is 2.63. The van der Waals surface area contributed by atoms with Gasteiger partial charge < -0.3 is 15.2 Å². The fourth-order valence-corrected chi connectivity index (χ4v) is 1.55. The number of halogens is 3. The lowest BCUT2D eigenvalue weighted by atomic mass is 10.1. The van der Waals surface area contributed by atoms with Crippen LogP contribution in [0.1, 0.15) is 6.92 Å². The average molecular weight is 284 g/mol. The number of nitriles is 3. The quantitative estimate of drug-likeness (QED) is 0.730. The number of allylic oxidation sites excluding steroid dienone is 2. The smallest absolute Gasteiger partial charge is 0.444 e. The van der Waals surface area contributed by atoms with Gasteiger partial charge in [0.1, 0.15) is 23.8 Å². The van der Waals surface area contributed by atoms with E-state index in [0.29, 0.717) is 0 Å². The minimum absolute atomic E-state index is 0.248. The molecule has 1 heterocycles. The largest absolute Gasteiger partial charge is 0.491 e. The summed E-state index contributed by atoms with van der Waals surface area (Å²) in [7, 11) is 0. The van der Waals surface area contributed by atoms with Crippen LogP contribution in [-0.4, -0.2) is 23.6 Å². The highest BCUT2D eigenvalue weighted by atomic mass is 19.4. The van der Waals surface area contributed by atoms with Gasteiger partial charge in [-0.25, -0.2) is 0 Å². The van der Waals surface area contributed by atoms with Crippen molar-refractivity contribution in [1.29, 1.82) is 15.8 Å². The van der Waals surface area contributed by atoms with Crippen LogP contribution in [0.2, 0.25) is 0 Å². The van der Waals surface area contributed by atoms with Gasteiger partial charge in [0.2, 0.25) is 0 Å². The first kappa shape index (κ1) is 15.4. The molecule has 0 aliphatic carbocycles. The second kappa shape index (κ2) is 5.12. The molecule has 0 saturated heterocycles. The summed E-state index contributed by atoms with van der Waals surface area (Å²) in [6, 6.07) is 4.09. The molecule has 0 bridgehead atoms. The number of aliphatic hydroxyl groups is 1. The van der Waals surface area contributed by atoms with Gasteiger partial charge in [0.05, 0.1) is 12.3 Å². The van der Waals surface area contributed by atoms with Gasteiger partial charge in [0, 0.05) is 0 Å². The highest BCUT2D eigenvalue weighted by molar-refractivity contribution is 5.59. The molecule has 1 aliphatic heterocycles. The van der Waals surface area contributed by atoms with E-state index in [9.17, 15) is 18.3 Å². The predicted molar refractivity (Wildman–Crippen MR) is 56.7 cm³/mol. The van der Waals surface area contributed by atoms with Crippen LogP contribution in [0.25, 0.3) is 0 Å². The van der Waals surface area contributed by atoms with Crippen LogP contribution in [0.5, 0.6) is 0 Å². The summed E-state index contributed by atoms with van der Waals surface area (Å²) in [5.41, 5.74) is -5.85. The van der Waals surface area contributed by atoms with Gasteiger partial charge in [-0.3, -0.25) is 0 Å². The van der Waals surface area contributed by atoms with E-state index in [1.165, 1.54) is 25.1 Å². The van der Waals surface area contributed by atoms with Crippen LogP contribution in [0.15, 0.2) is 22.6 Å². The Balaban J connectivity index is 3.65. The van der Waals surface area contributed by atoms with E-state index in [1.807, 2.05) is 0 Å². The number of nitrogens with one attached hydrogen (secondary N) is 1. The lowest BCUT2D eigenvalue weighted by Gasteiger charge is -2.28. The van der Waals surface area contributed by atoms with Crippen molar-refractivity contribution in [3.8, 4) is 18.2 Å². The third-order valence-electron chi connectivity index (χ3n) is 2.40. The standard InChI is InChI=1S/C11H7F3N4O2/c1-2-20-9-7(5-17)8(6(3-15)4-16)18-10(9,19)11(12,13)14/h18-19H,2H2,1H3/t10-/m1/s1. The van der Waals surface area contributed by atoms with E-state index < -0.39 is 34.5 Å². The topological polar surface area (TPSA) is 113 Å². The summed E-state index contributed by atoms with van der Waals surface area (Å²) in [4.78, 5) is 0. The number of ether oxygens (including phenoxy) is 1. The molecule has 20 heavy (non-hydrogen) atoms. The Bertz CT molecular complexity index is 600. The van der Waals surface area contributed by atoms with Crippen molar-refractivity contribution in [1.82, 2.24) is 5.32 Å². The zero-order valence-corrected chi connectivity index (χ0v) is 10.0. The maximum absolute atomic E-state index is 12.9. The van der Waals surface area contributed by atoms with Gasteiger partial charge in [-0.1, -0.05) is 0 Å². The van der Waals surface area contributed by atoms with E-state index in [2.05, 4.69) is 4.74 Å². The van der Waals surface area contributed by atoms with Crippen molar-refractivity contribution in [3.05, 3.63) is 22.6 Å². The molecule has 1 aliphatic rings. The van der Waals surface area contributed by atoms with Crippen LogP contribution < -0.4 is 5.32 Å². The number of hydrogen-bond acceptors (Lipinski definition) is 6. The molecule has 0 aromatic rings. The van der Waals surface area contributed by atoms with Crippen LogP contribution in [0, 0.1) is 34.0 Å². The van der Waals surface area contributed by atoms with Gasteiger partial charge >= 0.3 is 6.18 Å². The van der Waals surface area contributed by atoms with Crippen molar-refractivity contribution < 1.29 is 23.0 Å². The molecule has 1 rings (SSSR count). The van der Waals surface area contributed by atoms with Gasteiger partial charge in [0.15, 0.2) is 11.3 Å². The van der Waals surface area contributed by atoms with Crippen LogP contribution in [-0.2, 0) is 4.74 Å². The zero-order valence-electron chi connectivity index (χ0n) is 10.0. The molecule has 0 fully saturated rings. The molecule has 2 N–H and O–H groups in total. The Morgan fingerprint density at radius 3 is 2.25 bits per heavy atom. The predicted octanol–water partition coefficient (Wildman–Crippen LogP) is 0.956. The number of hydrogen-bond donors (Lipinski definition) is 2. The summed E-state index contributed by atoms with van der Waals surface area (Å²) in [5, 5.41) is 37.6. The van der Waals surface area contributed by atoms with E-state index in [-0.39, 0.29) is 6.61 Å². The molecule has 0 radical (unpaired) electrons. The molecule has 9 heteroatoms. The zero-order chi connectivity index (χ0) is 15.6. The normalized spacial score (nSPS) is 21.6. The monoisotopic (exact) mass is 284 g/mol. The molecular formula is C11H7F3N4O2. The van der Waals surface area contributed by atoms with Gasteiger partial charge in [-0.05, 0) is 6.92 Å². The lowest BCUT2D eigenvalue weighted by Crippen LogP contribution is -2.55. The third-order valence-corrected chi connectivity index (χ3v) is 2.40. The molecule has 0 unspecified atom stereocenters. The Labute approximate surface area is 111 Å². The molecule has 6 nitrogen and oxygen atoms in total. The molecule has 1 atom stereocenters. The lowest BCUT2D eigenvalue weighted by molar-refractivity contribution is -0.262. The van der Waals surface area contributed by atoms with E-state index in [0.717, 1.165) is 0 Å². The molecule has 104 valence electrons. The molecule has 0 amide bonds. The van der Waals surface area contributed by atoms with Crippen molar-refractivity contribution in [3.63, 3.8) is 0 Å². The van der Waals surface area contributed by atoms with E-state index >= 15 is 0 Å². The third kappa shape index (κ3) is 2.13. The molecule has 0 aromatic carbocycles.